The van der Waals surface area contributed by atoms with Gasteiger partial charge in [-0.1, -0.05) is 6.07 Å². The Morgan fingerprint density at radius 3 is 2.78 bits per heavy atom. The van der Waals surface area contributed by atoms with Crippen LogP contribution >= 0.6 is 0 Å². The van der Waals surface area contributed by atoms with Gasteiger partial charge in [-0.25, -0.2) is 23.5 Å². The standard InChI is InChI=1S/C11H7F2N3O2/c12-6-2-1-3-7(9(6)13)15-11-14-5-4-8(16-11)10(17)18/h1-5H,(H,17,18)(H,14,15,16). The molecule has 0 fully saturated rings. The van der Waals surface area contributed by atoms with E-state index in [1.54, 1.807) is 0 Å². The van der Waals surface area contributed by atoms with E-state index in [1.165, 1.54) is 24.4 Å². The number of hydrogen-bond acceptors (Lipinski definition) is 4. The van der Waals surface area contributed by atoms with Gasteiger partial charge in [-0.15, -0.1) is 0 Å². The summed E-state index contributed by atoms with van der Waals surface area (Å²) in [4.78, 5) is 18.0. The lowest BCUT2D eigenvalue weighted by Crippen LogP contribution is -2.05. The number of aromatic nitrogens is 2. The van der Waals surface area contributed by atoms with Gasteiger partial charge in [0.25, 0.3) is 0 Å². The van der Waals surface area contributed by atoms with Gasteiger partial charge in [0.15, 0.2) is 17.3 Å². The highest BCUT2D eigenvalue weighted by Crippen LogP contribution is 2.19. The summed E-state index contributed by atoms with van der Waals surface area (Å²) in [5.74, 6) is -3.46. The summed E-state index contributed by atoms with van der Waals surface area (Å²) in [6.45, 7) is 0. The van der Waals surface area contributed by atoms with Crippen molar-refractivity contribution in [3.63, 3.8) is 0 Å². The summed E-state index contributed by atoms with van der Waals surface area (Å²) in [6.07, 6.45) is 1.20. The molecule has 0 aliphatic carbocycles. The molecule has 0 saturated heterocycles. The Morgan fingerprint density at radius 1 is 1.28 bits per heavy atom. The van der Waals surface area contributed by atoms with Crippen LogP contribution in [0.5, 0.6) is 0 Å². The third-order valence-electron chi connectivity index (χ3n) is 2.07. The summed E-state index contributed by atoms with van der Waals surface area (Å²) in [7, 11) is 0. The monoisotopic (exact) mass is 251 g/mol. The molecule has 2 N–H and O–H groups in total. The molecule has 1 aromatic carbocycles. The van der Waals surface area contributed by atoms with E-state index in [4.69, 9.17) is 5.11 Å². The number of halogens is 2. The number of nitrogens with one attached hydrogen (secondary N) is 1. The summed E-state index contributed by atoms with van der Waals surface area (Å²) in [5.41, 5.74) is -0.415. The van der Waals surface area contributed by atoms with E-state index in [0.29, 0.717) is 0 Å². The second-order valence-electron chi connectivity index (χ2n) is 3.30. The van der Waals surface area contributed by atoms with E-state index in [2.05, 4.69) is 15.3 Å². The van der Waals surface area contributed by atoms with Crippen LogP contribution in [0, 0.1) is 11.6 Å². The molecule has 0 amide bonds. The quantitative estimate of drug-likeness (QED) is 0.874. The number of rotatable bonds is 3. The van der Waals surface area contributed by atoms with Crippen LogP contribution in [-0.2, 0) is 0 Å². The molecule has 0 aliphatic rings. The number of carbonyl (C=O) groups is 1. The van der Waals surface area contributed by atoms with Gasteiger partial charge in [-0.3, -0.25) is 0 Å². The molecule has 0 saturated carbocycles. The van der Waals surface area contributed by atoms with Gasteiger partial charge >= 0.3 is 5.97 Å². The highest BCUT2D eigenvalue weighted by molar-refractivity contribution is 5.85. The van der Waals surface area contributed by atoms with Gasteiger partial charge in [0.05, 0.1) is 5.69 Å². The van der Waals surface area contributed by atoms with Gasteiger partial charge in [0.1, 0.15) is 0 Å². The van der Waals surface area contributed by atoms with Crippen LogP contribution < -0.4 is 5.32 Å². The van der Waals surface area contributed by atoms with Crippen LogP contribution in [0.25, 0.3) is 0 Å². The van der Waals surface area contributed by atoms with Crippen molar-refractivity contribution < 1.29 is 18.7 Å². The van der Waals surface area contributed by atoms with E-state index in [-0.39, 0.29) is 17.3 Å². The fraction of sp³-hybridized carbons (Fsp3) is 0. The maximum Gasteiger partial charge on any atom is 0.354 e. The Kier molecular flexibility index (Phi) is 3.13. The molecule has 1 aromatic heterocycles. The highest BCUT2D eigenvalue weighted by atomic mass is 19.2. The molecule has 0 radical (unpaired) electrons. The van der Waals surface area contributed by atoms with Gasteiger partial charge in [0, 0.05) is 6.20 Å². The minimum atomic E-state index is -1.24. The fourth-order valence-corrected chi connectivity index (χ4v) is 1.26. The highest BCUT2D eigenvalue weighted by Gasteiger charge is 2.10. The smallest absolute Gasteiger partial charge is 0.354 e. The van der Waals surface area contributed by atoms with Crippen LogP contribution in [0.1, 0.15) is 10.5 Å². The third-order valence-corrected chi connectivity index (χ3v) is 2.07. The molecule has 0 aliphatic heterocycles. The van der Waals surface area contributed by atoms with Crippen molar-refractivity contribution in [2.45, 2.75) is 0 Å². The van der Waals surface area contributed by atoms with Crippen molar-refractivity contribution in [1.29, 1.82) is 0 Å². The fourth-order valence-electron chi connectivity index (χ4n) is 1.26. The van der Waals surface area contributed by atoms with Crippen molar-refractivity contribution >= 4 is 17.6 Å². The Morgan fingerprint density at radius 2 is 2.06 bits per heavy atom. The number of hydrogen-bond donors (Lipinski definition) is 2. The van der Waals surface area contributed by atoms with Crippen molar-refractivity contribution in [2.24, 2.45) is 0 Å². The predicted octanol–water partition coefficient (Wildman–Crippen LogP) is 2.20. The summed E-state index contributed by atoms with van der Waals surface area (Å²) >= 11 is 0. The molecule has 1 heterocycles. The van der Waals surface area contributed by atoms with Crippen molar-refractivity contribution in [2.75, 3.05) is 5.32 Å². The first-order valence-electron chi connectivity index (χ1n) is 4.85. The molecular formula is C11H7F2N3O2. The molecule has 2 aromatic rings. The minimum Gasteiger partial charge on any atom is -0.477 e. The third kappa shape index (κ3) is 2.40. The van der Waals surface area contributed by atoms with Gasteiger partial charge in [-0.05, 0) is 18.2 Å². The molecule has 2 rings (SSSR count). The number of carboxylic acid groups (broad SMARTS) is 1. The molecular weight excluding hydrogens is 244 g/mol. The summed E-state index contributed by atoms with van der Waals surface area (Å²) in [6, 6.07) is 4.75. The Hall–Kier alpha value is -2.57. The predicted molar refractivity (Wildman–Crippen MR) is 58.6 cm³/mol. The van der Waals surface area contributed by atoms with E-state index in [1.807, 2.05) is 0 Å². The number of anilines is 2. The zero-order valence-corrected chi connectivity index (χ0v) is 8.89. The van der Waals surface area contributed by atoms with Crippen LogP contribution in [-0.4, -0.2) is 21.0 Å². The largest absolute Gasteiger partial charge is 0.477 e. The van der Waals surface area contributed by atoms with Crippen LogP contribution in [0.4, 0.5) is 20.4 Å². The normalized spacial score (nSPS) is 10.1. The lowest BCUT2D eigenvalue weighted by Gasteiger charge is -2.06. The molecule has 92 valence electrons. The first-order chi connectivity index (χ1) is 8.58. The Balaban J connectivity index is 2.31. The second kappa shape index (κ2) is 4.74. The summed E-state index contributed by atoms with van der Waals surface area (Å²) < 4.78 is 26.3. The zero-order chi connectivity index (χ0) is 13.1. The number of nitrogens with zero attached hydrogens (tertiary/aromatic N) is 2. The maximum atomic E-state index is 13.3. The Labute approximate surface area is 100 Å². The van der Waals surface area contributed by atoms with Crippen molar-refractivity contribution in [3.8, 4) is 0 Å². The lowest BCUT2D eigenvalue weighted by molar-refractivity contribution is 0.0690. The van der Waals surface area contributed by atoms with Crippen molar-refractivity contribution in [1.82, 2.24) is 9.97 Å². The topological polar surface area (TPSA) is 75.1 Å². The van der Waals surface area contributed by atoms with Crippen LogP contribution in [0.15, 0.2) is 30.5 Å². The van der Waals surface area contributed by atoms with Gasteiger partial charge in [-0.2, -0.15) is 0 Å². The number of aromatic carboxylic acids is 1. The first kappa shape index (κ1) is 11.9. The maximum absolute atomic E-state index is 13.3. The van der Waals surface area contributed by atoms with Crippen LogP contribution in [0.3, 0.4) is 0 Å². The first-order valence-corrected chi connectivity index (χ1v) is 4.85. The molecule has 7 heteroatoms. The average Bonchev–Trinajstić information content (AvgIpc) is 2.35. The molecule has 5 nitrogen and oxygen atoms in total. The molecule has 0 unspecified atom stereocenters. The second-order valence-corrected chi connectivity index (χ2v) is 3.30. The van der Waals surface area contributed by atoms with Crippen LogP contribution in [0.2, 0.25) is 0 Å². The average molecular weight is 251 g/mol. The van der Waals surface area contributed by atoms with E-state index >= 15 is 0 Å². The van der Waals surface area contributed by atoms with Gasteiger partial charge in [0.2, 0.25) is 5.95 Å². The Bertz CT molecular complexity index is 605. The summed E-state index contributed by atoms with van der Waals surface area (Å²) in [5, 5.41) is 11.1. The number of carboxylic acids is 1. The van der Waals surface area contributed by atoms with E-state index < -0.39 is 17.6 Å². The molecule has 0 bridgehead atoms. The SMILES string of the molecule is O=C(O)c1ccnc(Nc2cccc(F)c2F)n1. The van der Waals surface area contributed by atoms with Crippen molar-refractivity contribution in [3.05, 3.63) is 47.8 Å². The molecule has 0 atom stereocenters. The molecule has 0 spiro atoms. The van der Waals surface area contributed by atoms with Gasteiger partial charge < -0.3 is 10.4 Å². The minimum absolute atomic E-state index is 0.126. The van der Waals surface area contributed by atoms with E-state index in [0.717, 1.165) is 6.07 Å². The van der Waals surface area contributed by atoms with E-state index in [9.17, 15) is 13.6 Å². The number of benzene rings is 1. The zero-order valence-electron chi connectivity index (χ0n) is 8.89. The lowest BCUT2D eigenvalue weighted by atomic mass is 10.3. The molecule has 18 heavy (non-hydrogen) atoms.